The summed E-state index contributed by atoms with van der Waals surface area (Å²) in [7, 11) is 1.59. The van der Waals surface area contributed by atoms with Crippen molar-refractivity contribution in [1.29, 1.82) is 0 Å². The molecule has 0 aliphatic heterocycles. The fourth-order valence-corrected chi connectivity index (χ4v) is 4.31. The summed E-state index contributed by atoms with van der Waals surface area (Å²) in [6.07, 6.45) is 3.19. The van der Waals surface area contributed by atoms with E-state index in [1.54, 1.807) is 37.9 Å². The van der Waals surface area contributed by atoms with Gasteiger partial charge in [0.1, 0.15) is 5.75 Å². The van der Waals surface area contributed by atoms with E-state index in [0.29, 0.717) is 17.4 Å². The topological polar surface area (TPSA) is 47.6 Å². The van der Waals surface area contributed by atoms with E-state index in [1.165, 1.54) is 11.6 Å². The maximum Gasteiger partial charge on any atom is 0.330 e. The Morgan fingerprint density at radius 2 is 1.91 bits per heavy atom. The smallest absolute Gasteiger partial charge is 0.330 e. The van der Waals surface area contributed by atoms with Crippen LogP contribution in [0.25, 0.3) is 6.08 Å². The normalized spacial score (nSPS) is 10.9. The number of carbonyl (C=O) groups excluding carboxylic acids is 1. The van der Waals surface area contributed by atoms with Gasteiger partial charge in [-0.25, -0.2) is 4.79 Å². The molecular formula is C25H23BrClNO3S. The number of benzene rings is 3. The quantitative estimate of drug-likeness (QED) is 0.174. The number of esters is 1. The number of carbonyl (C=O) groups is 1. The largest absolute Gasteiger partial charge is 0.495 e. The van der Waals surface area contributed by atoms with Gasteiger partial charge in [0.2, 0.25) is 0 Å². The van der Waals surface area contributed by atoms with Gasteiger partial charge < -0.3 is 14.8 Å². The van der Waals surface area contributed by atoms with Gasteiger partial charge in [0.05, 0.1) is 24.4 Å². The minimum atomic E-state index is -0.382. The lowest BCUT2D eigenvalue weighted by Crippen LogP contribution is -2.00. The van der Waals surface area contributed by atoms with Crippen LogP contribution in [0.3, 0.4) is 0 Å². The molecule has 0 radical (unpaired) electrons. The average molecular weight is 533 g/mol. The molecule has 7 heteroatoms. The monoisotopic (exact) mass is 531 g/mol. The van der Waals surface area contributed by atoms with Crippen LogP contribution in [0.4, 0.5) is 11.4 Å². The van der Waals surface area contributed by atoms with Crippen molar-refractivity contribution in [3.8, 4) is 5.75 Å². The Labute approximate surface area is 206 Å². The number of thioether (sulfide) groups is 1. The highest BCUT2D eigenvalue weighted by atomic mass is 79.9. The van der Waals surface area contributed by atoms with Gasteiger partial charge in [0, 0.05) is 33.0 Å². The first kappa shape index (κ1) is 24.2. The first-order valence-corrected chi connectivity index (χ1v) is 12.1. The Hall–Kier alpha value is -2.41. The van der Waals surface area contributed by atoms with Crippen molar-refractivity contribution in [2.75, 3.05) is 19.0 Å². The van der Waals surface area contributed by atoms with Crippen molar-refractivity contribution in [3.05, 3.63) is 87.4 Å². The summed E-state index contributed by atoms with van der Waals surface area (Å²) in [5, 5.41) is 3.95. The molecule has 3 rings (SSSR count). The van der Waals surface area contributed by atoms with Crippen LogP contribution >= 0.6 is 39.3 Å². The lowest BCUT2D eigenvalue weighted by molar-refractivity contribution is -0.137. The molecular weight excluding hydrogens is 510 g/mol. The van der Waals surface area contributed by atoms with Crippen molar-refractivity contribution in [3.63, 3.8) is 0 Å². The van der Waals surface area contributed by atoms with Gasteiger partial charge in [-0.2, -0.15) is 0 Å². The van der Waals surface area contributed by atoms with Crippen LogP contribution < -0.4 is 10.1 Å². The zero-order valence-corrected chi connectivity index (χ0v) is 20.9. The van der Waals surface area contributed by atoms with Crippen LogP contribution in [-0.2, 0) is 15.3 Å². The second kappa shape index (κ2) is 12.0. The molecule has 166 valence electrons. The molecule has 0 aromatic heterocycles. The van der Waals surface area contributed by atoms with E-state index >= 15 is 0 Å². The summed E-state index contributed by atoms with van der Waals surface area (Å²) >= 11 is 11.4. The molecule has 0 aliphatic carbocycles. The molecule has 0 saturated heterocycles. The van der Waals surface area contributed by atoms with Crippen LogP contribution in [-0.4, -0.2) is 19.7 Å². The molecule has 4 nitrogen and oxygen atoms in total. The zero-order valence-electron chi connectivity index (χ0n) is 17.7. The van der Waals surface area contributed by atoms with Gasteiger partial charge in [-0.1, -0.05) is 41.9 Å². The Bertz CT molecular complexity index is 1110. The maximum absolute atomic E-state index is 11.9. The number of rotatable bonds is 9. The van der Waals surface area contributed by atoms with Crippen LogP contribution in [0.15, 0.2) is 76.1 Å². The molecule has 0 aliphatic rings. The molecule has 0 heterocycles. The third kappa shape index (κ3) is 6.79. The van der Waals surface area contributed by atoms with Crippen LogP contribution in [0.1, 0.15) is 18.1 Å². The van der Waals surface area contributed by atoms with E-state index < -0.39 is 0 Å². The Morgan fingerprint density at radius 3 is 2.62 bits per heavy atom. The molecule has 0 saturated carbocycles. The second-order valence-corrected chi connectivity index (χ2v) is 9.01. The van der Waals surface area contributed by atoms with E-state index in [9.17, 15) is 4.79 Å². The number of ether oxygens (including phenoxy) is 2. The third-order valence-corrected chi connectivity index (χ3v) is 6.73. The van der Waals surface area contributed by atoms with Gasteiger partial charge in [-0.05, 0) is 64.3 Å². The van der Waals surface area contributed by atoms with Crippen LogP contribution in [0, 0.1) is 0 Å². The van der Waals surface area contributed by atoms with E-state index in [-0.39, 0.29) is 5.97 Å². The first-order chi connectivity index (χ1) is 15.5. The lowest BCUT2D eigenvalue weighted by atomic mass is 10.1. The predicted molar refractivity (Wildman–Crippen MR) is 137 cm³/mol. The van der Waals surface area contributed by atoms with E-state index in [1.807, 2.05) is 36.4 Å². The highest BCUT2D eigenvalue weighted by molar-refractivity contribution is 9.10. The molecule has 3 aromatic rings. The van der Waals surface area contributed by atoms with Gasteiger partial charge >= 0.3 is 5.97 Å². The molecule has 0 amide bonds. The fourth-order valence-electron chi connectivity index (χ4n) is 2.91. The number of halogens is 2. The summed E-state index contributed by atoms with van der Waals surface area (Å²) in [4.78, 5) is 13.0. The lowest BCUT2D eigenvalue weighted by Gasteiger charge is -2.15. The number of methoxy groups -OCH3 is 1. The highest BCUT2D eigenvalue weighted by Gasteiger charge is 2.11. The minimum absolute atomic E-state index is 0.331. The molecule has 32 heavy (non-hydrogen) atoms. The van der Waals surface area contributed by atoms with Crippen LogP contribution in [0.5, 0.6) is 5.75 Å². The minimum Gasteiger partial charge on any atom is -0.495 e. The zero-order chi connectivity index (χ0) is 22.9. The van der Waals surface area contributed by atoms with Crippen molar-refractivity contribution >= 4 is 62.7 Å². The fraction of sp³-hybridized carbons (Fsp3) is 0.160. The molecule has 0 bridgehead atoms. The van der Waals surface area contributed by atoms with Gasteiger partial charge in [-0.15, -0.1) is 11.8 Å². The number of nitrogens with one attached hydrogen (secondary N) is 1. The summed E-state index contributed by atoms with van der Waals surface area (Å²) in [6.45, 7) is 2.11. The van der Waals surface area contributed by atoms with Crippen molar-refractivity contribution in [2.24, 2.45) is 0 Å². The Balaban J connectivity index is 1.90. The SMILES string of the molecule is CCOC(=O)/C=C/c1cc(SCc2ccccc2)ccc1Nc1cc(Br)c(Cl)cc1OC. The molecule has 0 fully saturated rings. The first-order valence-electron chi connectivity index (χ1n) is 9.95. The molecule has 3 aromatic carbocycles. The summed E-state index contributed by atoms with van der Waals surface area (Å²) in [5.74, 6) is 1.08. The second-order valence-electron chi connectivity index (χ2n) is 6.70. The Morgan fingerprint density at radius 1 is 1.12 bits per heavy atom. The van der Waals surface area contributed by atoms with E-state index in [0.717, 1.165) is 32.1 Å². The maximum atomic E-state index is 11.9. The summed E-state index contributed by atoms with van der Waals surface area (Å²) in [6, 6.07) is 20.0. The third-order valence-electron chi connectivity index (χ3n) is 4.47. The van der Waals surface area contributed by atoms with Gasteiger partial charge in [-0.3, -0.25) is 0 Å². The summed E-state index contributed by atoms with van der Waals surface area (Å²) < 4.78 is 11.3. The highest BCUT2D eigenvalue weighted by Crippen LogP contribution is 2.37. The molecule has 1 N–H and O–H groups in total. The number of hydrogen-bond donors (Lipinski definition) is 1. The van der Waals surface area contributed by atoms with E-state index in [2.05, 4.69) is 39.4 Å². The van der Waals surface area contributed by atoms with Crippen molar-refractivity contribution < 1.29 is 14.3 Å². The standard InChI is InChI=1S/C25H23BrClNO3S/c1-3-31-25(29)12-9-18-13-19(32-16-17-7-5-4-6-8-17)10-11-22(18)28-23-14-20(26)21(27)15-24(23)30-2/h4-15,28H,3,16H2,1-2H3/b12-9+. The molecule has 0 spiro atoms. The average Bonchev–Trinajstić information content (AvgIpc) is 2.80. The number of anilines is 2. The molecule has 0 atom stereocenters. The number of hydrogen-bond acceptors (Lipinski definition) is 5. The van der Waals surface area contributed by atoms with Gasteiger partial charge in [0.15, 0.2) is 0 Å². The van der Waals surface area contributed by atoms with Crippen molar-refractivity contribution in [1.82, 2.24) is 0 Å². The van der Waals surface area contributed by atoms with Crippen molar-refractivity contribution in [2.45, 2.75) is 17.6 Å². The predicted octanol–water partition coefficient (Wildman–Crippen LogP) is 7.72. The van der Waals surface area contributed by atoms with Crippen LogP contribution in [0.2, 0.25) is 5.02 Å². The van der Waals surface area contributed by atoms with Gasteiger partial charge in [0.25, 0.3) is 0 Å². The van der Waals surface area contributed by atoms with E-state index in [4.69, 9.17) is 21.1 Å². The summed E-state index contributed by atoms with van der Waals surface area (Å²) in [5.41, 5.74) is 3.67. The molecule has 0 unspecified atom stereocenters. The Kier molecular flexibility index (Phi) is 9.09.